The molecule has 0 unspecified atom stereocenters. The zero-order chi connectivity index (χ0) is 23.5. The highest BCUT2D eigenvalue weighted by Gasteiger charge is 2.30. The number of benzene rings is 3. The van der Waals surface area contributed by atoms with Crippen molar-refractivity contribution in [3.05, 3.63) is 100 Å². The molecule has 0 bridgehead atoms. The van der Waals surface area contributed by atoms with E-state index in [4.69, 9.17) is 21.1 Å². The zero-order valence-corrected chi connectivity index (χ0v) is 19.2. The van der Waals surface area contributed by atoms with Crippen molar-refractivity contribution in [2.24, 2.45) is 0 Å². The maximum atomic E-state index is 13.6. The van der Waals surface area contributed by atoms with Crippen molar-refractivity contribution in [1.29, 1.82) is 0 Å². The zero-order valence-electron chi connectivity index (χ0n) is 18.5. The van der Waals surface area contributed by atoms with Gasteiger partial charge in [0.15, 0.2) is 17.3 Å². The molecule has 166 valence electrons. The van der Waals surface area contributed by atoms with Crippen LogP contribution in [0.4, 0.5) is 5.69 Å². The third-order valence-corrected chi connectivity index (χ3v) is 5.62. The van der Waals surface area contributed by atoms with Crippen LogP contribution in [0.3, 0.4) is 0 Å². The van der Waals surface area contributed by atoms with Gasteiger partial charge in [0, 0.05) is 21.8 Å². The van der Waals surface area contributed by atoms with E-state index in [9.17, 15) is 9.59 Å². The lowest BCUT2D eigenvalue weighted by molar-refractivity contribution is -0.113. The van der Waals surface area contributed by atoms with Crippen molar-refractivity contribution < 1.29 is 19.1 Å². The maximum absolute atomic E-state index is 13.6. The first-order valence-electron chi connectivity index (χ1n) is 10.3. The van der Waals surface area contributed by atoms with Crippen LogP contribution in [0, 0.1) is 0 Å². The van der Waals surface area contributed by atoms with E-state index in [1.54, 1.807) is 61.6 Å². The summed E-state index contributed by atoms with van der Waals surface area (Å²) in [5, 5.41) is 0.606. The number of Topliss-reactive ketones (excluding diaryl/α,β-unsaturated/α-hetero) is 1. The van der Waals surface area contributed by atoms with Gasteiger partial charge < -0.3 is 9.47 Å². The fourth-order valence-electron chi connectivity index (χ4n) is 3.69. The molecular formula is C27H22ClNO4. The minimum atomic E-state index is -0.199. The second-order valence-electron chi connectivity index (χ2n) is 7.50. The molecule has 0 aromatic heterocycles. The predicted molar refractivity (Wildman–Crippen MR) is 131 cm³/mol. The quantitative estimate of drug-likeness (QED) is 0.333. The highest BCUT2D eigenvalue weighted by Crippen LogP contribution is 2.37. The number of ether oxygens (including phenoxy) is 2. The Bertz CT molecular complexity index is 1290. The molecule has 6 heteroatoms. The number of amides is 1. The average molecular weight is 460 g/mol. The number of rotatable bonds is 6. The molecule has 5 nitrogen and oxygen atoms in total. The number of carbonyl (C=O) groups excluding carboxylic acids is 2. The van der Waals surface area contributed by atoms with Crippen LogP contribution < -0.4 is 14.4 Å². The number of methoxy groups -OCH3 is 2. The van der Waals surface area contributed by atoms with Gasteiger partial charge in [0.1, 0.15) is 0 Å². The molecule has 1 amide bonds. The topological polar surface area (TPSA) is 55.8 Å². The monoisotopic (exact) mass is 459 g/mol. The number of hydrogen-bond acceptors (Lipinski definition) is 4. The van der Waals surface area contributed by atoms with Crippen molar-refractivity contribution in [1.82, 2.24) is 0 Å². The van der Waals surface area contributed by atoms with Gasteiger partial charge in [-0.2, -0.15) is 0 Å². The van der Waals surface area contributed by atoms with Crippen LogP contribution in [-0.2, 0) is 4.79 Å². The lowest BCUT2D eigenvalue weighted by Crippen LogP contribution is -2.25. The van der Waals surface area contributed by atoms with Crippen molar-refractivity contribution in [2.45, 2.75) is 6.92 Å². The van der Waals surface area contributed by atoms with Crippen LogP contribution in [0.25, 0.3) is 11.8 Å². The summed E-state index contributed by atoms with van der Waals surface area (Å²) in [6.07, 6.45) is 3.64. The lowest BCUT2D eigenvalue weighted by Gasteiger charge is -2.21. The number of hydrogen-bond donors (Lipinski definition) is 0. The fraction of sp³-hybridized carbons (Fsp3) is 0.111. The van der Waals surface area contributed by atoms with E-state index in [0.717, 1.165) is 11.1 Å². The van der Waals surface area contributed by atoms with Gasteiger partial charge in [0.2, 0.25) is 0 Å². The first-order chi connectivity index (χ1) is 15.9. The summed E-state index contributed by atoms with van der Waals surface area (Å²) in [7, 11) is 3.14. The Morgan fingerprint density at radius 1 is 0.939 bits per heavy atom. The minimum Gasteiger partial charge on any atom is -0.493 e. The second-order valence-corrected chi connectivity index (χ2v) is 7.93. The molecule has 0 aliphatic carbocycles. The van der Waals surface area contributed by atoms with Crippen LogP contribution in [-0.4, -0.2) is 25.9 Å². The summed E-state index contributed by atoms with van der Waals surface area (Å²) < 4.78 is 10.7. The van der Waals surface area contributed by atoms with Gasteiger partial charge in [0.05, 0.1) is 19.9 Å². The smallest absolute Gasteiger partial charge is 0.262 e. The van der Waals surface area contributed by atoms with E-state index in [1.165, 1.54) is 6.92 Å². The van der Waals surface area contributed by atoms with Gasteiger partial charge >= 0.3 is 0 Å². The number of halogens is 1. The second kappa shape index (κ2) is 9.35. The Kier molecular flexibility index (Phi) is 6.33. The van der Waals surface area contributed by atoms with Crippen molar-refractivity contribution in [2.75, 3.05) is 19.1 Å². The summed E-state index contributed by atoms with van der Waals surface area (Å²) in [4.78, 5) is 27.1. The largest absolute Gasteiger partial charge is 0.493 e. The first kappa shape index (κ1) is 22.4. The molecule has 0 atom stereocenters. The fourth-order valence-corrected chi connectivity index (χ4v) is 3.82. The van der Waals surface area contributed by atoms with Gasteiger partial charge in [0.25, 0.3) is 5.91 Å². The molecule has 0 N–H and O–H groups in total. The van der Waals surface area contributed by atoms with Crippen molar-refractivity contribution in [3.63, 3.8) is 0 Å². The number of nitrogens with zero attached hydrogens (tertiary/aromatic N) is 1. The van der Waals surface area contributed by atoms with Gasteiger partial charge in [-0.3, -0.25) is 14.5 Å². The summed E-state index contributed by atoms with van der Waals surface area (Å²) in [5.41, 5.74) is 3.97. The molecular weight excluding hydrogens is 438 g/mol. The third kappa shape index (κ3) is 4.54. The number of anilines is 1. The van der Waals surface area contributed by atoms with Crippen LogP contribution in [0.15, 0.2) is 78.4 Å². The van der Waals surface area contributed by atoms with E-state index >= 15 is 0 Å². The predicted octanol–water partition coefficient (Wildman–Crippen LogP) is 6.03. The molecule has 1 aliphatic heterocycles. The van der Waals surface area contributed by atoms with E-state index in [-0.39, 0.29) is 11.7 Å². The molecule has 33 heavy (non-hydrogen) atoms. The van der Waals surface area contributed by atoms with Crippen LogP contribution in [0.5, 0.6) is 11.5 Å². The van der Waals surface area contributed by atoms with Crippen LogP contribution in [0.2, 0.25) is 5.02 Å². The Balaban J connectivity index is 1.82. The van der Waals surface area contributed by atoms with Crippen molar-refractivity contribution >= 4 is 40.8 Å². The highest BCUT2D eigenvalue weighted by atomic mass is 35.5. The molecule has 3 aromatic carbocycles. The Morgan fingerprint density at radius 3 is 2.33 bits per heavy atom. The normalized spacial score (nSPS) is 14.4. The Hall–Kier alpha value is -3.83. The molecule has 3 aromatic rings. The number of ketones is 1. The minimum absolute atomic E-state index is 0.0680. The molecule has 1 heterocycles. The van der Waals surface area contributed by atoms with Gasteiger partial charge in [-0.05, 0) is 66.6 Å². The average Bonchev–Trinajstić information content (AvgIpc) is 3.15. The van der Waals surface area contributed by atoms with E-state index in [1.807, 2.05) is 36.4 Å². The summed E-state index contributed by atoms with van der Waals surface area (Å²) in [5.74, 6) is 0.916. The summed E-state index contributed by atoms with van der Waals surface area (Å²) in [6, 6.07) is 19.8. The maximum Gasteiger partial charge on any atom is 0.262 e. The van der Waals surface area contributed by atoms with Crippen LogP contribution >= 0.6 is 11.6 Å². The van der Waals surface area contributed by atoms with Crippen molar-refractivity contribution in [3.8, 4) is 11.5 Å². The standard InChI is InChI=1S/C27H22ClNO4/c1-17(30)20-5-4-6-23(15-20)29-24(19-8-10-22(28)11-9-19)16-21(27(29)31)13-18-7-12-25(32-2)26(14-18)33-3/h4-16H,1-3H3/b21-13+. The van der Waals surface area contributed by atoms with Gasteiger partial charge in [-0.15, -0.1) is 0 Å². The van der Waals surface area contributed by atoms with E-state index in [2.05, 4.69) is 0 Å². The molecule has 0 fully saturated rings. The third-order valence-electron chi connectivity index (χ3n) is 5.36. The van der Waals surface area contributed by atoms with Gasteiger partial charge in [-0.1, -0.05) is 41.9 Å². The molecule has 1 aliphatic rings. The van der Waals surface area contributed by atoms with Gasteiger partial charge in [-0.25, -0.2) is 0 Å². The molecule has 0 saturated heterocycles. The first-order valence-corrected chi connectivity index (χ1v) is 10.7. The highest BCUT2D eigenvalue weighted by molar-refractivity contribution is 6.30. The SMILES string of the molecule is COc1ccc(/C=C2\C=C(c3ccc(Cl)cc3)N(c3cccc(C(C)=O)c3)C2=O)cc1OC. The molecule has 0 saturated carbocycles. The molecule has 0 spiro atoms. The summed E-state index contributed by atoms with van der Waals surface area (Å²) in [6.45, 7) is 1.50. The lowest BCUT2D eigenvalue weighted by atomic mass is 10.1. The Labute approximate surface area is 197 Å². The Morgan fingerprint density at radius 2 is 1.67 bits per heavy atom. The van der Waals surface area contributed by atoms with E-state index < -0.39 is 0 Å². The number of carbonyl (C=O) groups is 2. The van der Waals surface area contributed by atoms with E-state index in [0.29, 0.717) is 39.0 Å². The summed E-state index contributed by atoms with van der Waals surface area (Å²) >= 11 is 6.07. The molecule has 4 rings (SSSR count). The molecule has 0 radical (unpaired) electrons. The van der Waals surface area contributed by atoms with Crippen LogP contribution in [0.1, 0.15) is 28.4 Å².